The van der Waals surface area contributed by atoms with Crippen molar-refractivity contribution >= 4 is 11.9 Å². The fraction of sp³-hybridized carbons (Fsp3) is 0.455. The highest BCUT2D eigenvalue weighted by Crippen LogP contribution is 2.29. The van der Waals surface area contributed by atoms with E-state index in [4.69, 9.17) is 4.74 Å². The van der Waals surface area contributed by atoms with Gasteiger partial charge in [-0.15, -0.1) is 0 Å². The van der Waals surface area contributed by atoms with Crippen LogP contribution >= 0.6 is 0 Å². The molecule has 0 spiro atoms. The molecule has 1 heterocycles. The van der Waals surface area contributed by atoms with E-state index in [0.29, 0.717) is 5.56 Å². The van der Waals surface area contributed by atoms with Crippen LogP contribution in [0.25, 0.3) is 0 Å². The SMILES string of the molecule is CCn1c(C)cc(C(=O)O[C@H](C)C(=O)N[C@@H]2CCCc3ccccc32)c1C. The molecule has 5 heteroatoms. The highest BCUT2D eigenvalue weighted by atomic mass is 16.5. The van der Waals surface area contributed by atoms with Crippen molar-refractivity contribution in [1.29, 1.82) is 0 Å². The third-order valence-electron chi connectivity index (χ3n) is 5.45. The number of aromatic nitrogens is 1. The molecule has 0 bridgehead atoms. The van der Waals surface area contributed by atoms with Crippen molar-refractivity contribution in [3.05, 3.63) is 58.4 Å². The van der Waals surface area contributed by atoms with Crippen molar-refractivity contribution in [2.45, 2.75) is 65.6 Å². The van der Waals surface area contributed by atoms with E-state index in [0.717, 1.165) is 37.2 Å². The quantitative estimate of drug-likeness (QED) is 0.815. The maximum Gasteiger partial charge on any atom is 0.340 e. The van der Waals surface area contributed by atoms with Crippen LogP contribution in [-0.4, -0.2) is 22.5 Å². The molecule has 0 aliphatic heterocycles. The van der Waals surface area contributed by atoms with E-state index in [1.54, 1.807) is 6.92 Å². The molecular formula is C22H28N2O3. The van der Waals surface area contributed by atoms with E-state index >= 15 is 0 Å². The highest BCUT2D eigenvalue weighted by molar-refractivity contribution is 5.93. The molecule has 1 aromatic heterocycles. The molecule has 1 N–H and O–H groups in total. The van der Waals surface area contributed by atoms with Gasteiger partial charge in [0.25, 0.3) is 5.91 Å². The predicted octanol–water partition coefficient (Wildman–Crippen LogP) is 3.86. The first kappa shape index (κ1) is 19.2. The second-order valence-electron chi connectivity index (χ2n) is 7.23. The Labute approximate surface area is 160 Å². The first-order valence-electron chi connectivity index (χ1n) is 9.68. The second-order valence-corrected chi connectivity index (χ2v) is 7.23. The number of ether oxygens (including phenoxy) is 1. The zero-order valence-corrected chi connectivity index (χ0v) is 16.5. The number of carbonyl (C=O) groups is 2. The zero-order chi connectivity index (χ0) is 19.6. The van der Waals surface area contributed by atoms with E-state index in [1.807, 2.05) is 39.0 Å². The first-order valence-corrected chi connectivity index (χ1v) is 9.68. The number of esters is 1. The van der Waals surface area contributed by atoms with Crippen molar-refractivity contribution in [2.75, 3.05) is 0 Å². The summed E-state index contributed by atoms with van der Waals surface area (Å²) in [5.41, 5.74) is 4.86. The monoisotopic (exact) mass is 368 g/mol. The molecule has 0 saturated heterocycles. The van der Waals surface area contributed by atoms with Crippen molar-refractivity contribution in [3.63, 3.8) is 0 Å². The van der Waals surface area contributed by atoms with Gasteiger partial charge in [-0.05, 0) is 64.2 Å². The van der Waals surface area contributed by atoms with Gasteiger partial charge in [-0.3, -0.25) is 4.79 Å². The molecule has 3 rings (SSSR count). The van der Waals surface area contributed by atoms with Gasteiger partial charge < -0.3 is 14.6 Å². The van der Waals surface area contributed by atoms with E-state index in [2.05, 4.69) is 22.0 Å². The van der Waals surface area contributed by atoms with E-state index in [9.17, 15) is 9.59 Å². The fourth-order valence-corrected chi connectivity index (χ4v) is 3.96. The average Bonchev–Trinajstić information content (AvgIpc) is 2.95. The summed E-state index contributed by atoms with van der Waals surface area (Å²) < 4.78 is 7.51. The van der Waals surface area contributed by atoms with Gasteiger partial charge in [0.2, 0.25) is 0 Å². The Balaban J connectivity index is 1.66. The molecule has 1 aliphatic rings. The average molecular weight is 368 g/mol. The number of nitrogens with one attached hydrogen (secondary N) is 1. The normalized spacial score (nSPS) is 17.1. The van der Waals surface area contributed by atoms with E-state index < -0.39 is 12.1 Å². The summed E-state index contributed by atoms with van der Waals surface area (Å²) in [5.74, 6) is -0.705. The summed E-state index contributed by atoms with van der Waals surface area (Å²) >= 11 is 0. The summed E-state index contributed by atoms with van der Waals surface area (Å²) in [6.45, 7) is 8.32. The number of nitrogens with zero attached hydrogens (tertiary/aromatic N) is 1. The number of amides is 1. The molecule has 2 atom stereocenters. The Morgan fingerprint density at radius 3 is 2.74 bits per heavy atom. The number of fused-ring (bicyclic) bond motifs is 1. The van der Waals surface area contributed by atoms with Gasteiger partial charge in [0, 0.05) is 17.9 Å². The lowest BCUT2D eigenvalue weighted by Crippen LogP contribution is -2.39. The van der Waals surface area contributed by atoms with Gasteiger partial charge in [-0.2, -0.15) is 0 Å². The summed E-state index contributed by atoms with van der Waals surface area (Å²) in [5, 5.41) is 3.05. The van der Waals surface area contributed by atoms with Crippen LogP contribution in [0.1, 0.15) is 65.6 Å². The number of benzene rings is 1. The molecule has 5 nitrogen and oxygen atoms in total. The molecule has 1 aromatic carbocycles. The van der Waals surface area contributed by atoms with Gasteiger partial charge in [0.15, 0.2) is 6.10 Å². The van der Waals surface area contributed by atoms with Gasteiger partial charge in [-0.25, -0.2) is 4.79 Å². The lowest BCUT2D eigenvalue weighted by molar-refractivity contribution is -0.130. The summed E-state index contributed by atoms with van der Waals surface area (Å²) in [6, 6.07) is 10.0. The van der Waals surface area contributed by atoms with Crippen LogP contribution in [0.4, 0.5) is 0 Å². The smallest absolute Gasteiger partial charge is 0.340 e. The highest BCUT2D eigenvalue weighted by Gasteiger charge is 2.26. The zero-order valence-electron chi connectivity index (χ0n) is 16.5. The van der Waals surface area contributed by atoms with Gasteiger partial charge in [0.1, 0.15) is 0 Å². The summed E-state index contributed by atoms with van der Waals surface area (Å²) in [4.78, 5) is 25.1. The van der Waals surface area contributed by atoms with Crippen molar-refractivity contribution in [1.82, 2.24) is 9.88 Å². The molecule has 144 valence electrons. The Bertz CT molecular complexity index is 853. The van der Waals surface area contributed by atoms with Crippen LogP contribution in [0, 0.1) is 13.8 Å². The summed E-state index contributed by atoms with van der Waals surface area (Å²) in [7, 11) is 0. The Hall–Kier alpha value is -2.56. The minimum atomic E-state index is -0.837. The third kappa shape index (κ3) is 3.92. The molecular weight excluding hydrogens is 340 g/mol. The Morgan fingerprint density at radius 2 is 2.04 bits per heavy atom. The molecule has 27 heavy (non-hydrogen) atoms. The van der Waals surface area contributed by atoms with Gasteiger partial charge in [0.05, 0.1) is 11.6 Å². The minimum Gasteiger partial charge on any atom is -0.449 e. The van der Waals surface area contributed by atoms with Crippen molar-refractivity contribution in [3.8, 4) is 0 Å². The molecule has 0 radical (unpaired) electrons. The van der Waals surface area contributed by atoms with Crippen molar-refractivity contribution in [2.24, 2.45) is 0 Å². The Kier molecular flexibility index (Phi) is 5.68. The van der Waals surface area contributed by atoms with Crippen molar-refractivity contribution < 1.29 is 14.3 Å². The number of rotatable bonds is 5. The van der Waals surface area contributed by atoms with Crippen LogP contribution in [-0.2, 0) is 22.5 Å². The molecule has 2 aromatic rings. The van der Waals surface area contributed by atoms with Crippen LogP contribution in [0.3, 0.4) is 0 Å². The van der Waals surface area contributed by atoms with Crippen LogP contribution in [0.2, 0.25) is 0 Å². The van der Waals surface area contributed by atoms with Crippen LogP contribution in [0.5, 0.6) is 0 Å². The van der Waals surface area contributed by atoms with E-state index in [1.165, 1.54) is 11.1 Å². The number of carbonyl (C=O) groups excluding carboxylic acids is 2. The fourth-order valence-electron chi connectivity index (χ4n) is 3.96. The maximum atomic E-state index is 12.6. The van der Waals surface area contributed by atoms with Crippen LogP contribution < -0.4 is 5.32 Å². The van der Waals surface area contributed by atoms with Gasteiger partial charge in [-0.1, -0.05) is 24.3 Å². The number of aryl methyl sites for hydroxylation is 2. The Morgan fingerprint density at radius 1 is 1.30 bits per heavy atom. The first-order chi connectivity index (χ1) is 12.9. The molecule has 0 fully saturated rings. The van der Waals surface area contributed by atoms with Gasteiger partial charge >= 0.3 is 5.97 Å². The predicted molar refractivity (Wildman–Crippen MR) is 105 cm³/mol. The lowest BCUT2D eigenvalue weighted by Gasteiger charge is -2.27. The second kappa shape index (κ2) is 7.99. The molecule has 0 unspecified atom stereocenters. The molecule has 0 saturated carbocycles. The van der Waals surface area contributed by atoms with Crippen LogP contribution in [0.15, 0.2) is 30.3 Å². The van der Waals surface area contributed by atoms with E-state index in [-0.39, 0.29) is 11.9 Å². The maximum absolute atomic E-state index is 12.6. The molecule has 1 amide bonds. The minimum absolute atomic E-state index is 0.0197. The number of hydrogen-bond acceptors (Lipinski definition) is 3. The lowest BCUT2D eigenvalue weighted by atomic mass is 9.87. The topological polar surface area (TPSA) is 60.3 Å². The summed E-state index contributed by atoms with van der Waals surface area (Å²) in [6.07, 6.45) is 2.15. The number of hydrogen-bond donors (Lipinski definition) is 1. The standard InChI is InChI=1S/C22H28N2O3/c1-5-24-14(2)13-19(15(24)3)22(26)27-16(4)21(25)23-20-12-8-10-17-9-6-7-11-18(17)20/h6-7,9,11,13,16,20H,5,8,10,12H2,1-4H3,(H,23,25)/t16-,20-/m1/s1. The largest absolute Gasteiger partial charge is 0.449 e. The third-order valence-corrected chi connectivity index (χ3v) is 5.45. The molecule has 1 aliphatic carbocycles.